The van der Waals surface area contributed by atoms with Gasteiger partial charge in [0.25, 0.3) is 5.91 Å². The normalized spacial score (nSPS) is 12.8. The number of anilines is 2. The maximum atomic E-state index is 13.8. The van der Waals surface area contributed by atoms with Crippen LogP contribution in [0.25, 0.3) is 0 Å². The number of carbonyl (C=O) groups is 2. The van der Waals surface area contributed by atoms with Gasteiger partial charge in [-0.1, -0.05) is 23.9 Å². The van der Waals surface area contributed by atoms with Gasteiger partial charge in [0.15, 0.2) is 0 Å². The summed E-state index contributed by atoms with van der Waals surface area (Å²) in [5.74, 6) is -2.31. The number of pyridine rings is 1. The van der Waals surface area contributed by atoms with Gasteiger partial charge >= 0.3 is 0 Å². The van der Waals surface area contributed by atoms with Crippen molar-refractivity contribution in [2.45, 2.75) is 16.3 Å². The Morgan fingerprint density at radius 1 is 1.10 bits per heavy atom. The van der Waals surface area contributed by atoms with Crippen molar-refractivity contribution in [3.63, 3.8) is 0 Å². The standard InChI is InChI=1S/C21H15F2N3O2S/c22-13-7-8-16(15(23)12-13)25-19(27)9-11-26-17-5-3-10-24-20(17)29-18-6-2-1-4-14(18)21(26)28/h1-8,10,12H,9,11H2,(H,25,27). The molecule has 4 rings (SSSR count). The van der Waals surface area contributed by atoms with Crippen LogP contribution in [0.2, 0.25) is 0 Å². The number of nitrogens with zero attached hydrogens (tertiary/aromatic N) is 2. The van der Waals surface area contributed by atoms with E-state index in [1.807, 2.05) is 12.1 Å². The number of benzene rings is 2. The minimum Gasteiger partial charge on any atom is -0.324 e. The summed E-state index contributed by atoms with van der Waals surface area (Å²) in [6.07, 6.45) is 1.58. The summed E-state index contributed by atoms with van der Waals surface area (Å²) < 4.78 is 26.8. The van der Waals surface area contributed by atoms with Crippen molar-refractivity contribution in [1.29, 1.82) is 0 Å². The molecule has 8 heteroatoms. The lowest BCUT2D eigenvalue weighted by molar-refractivity contribution is -0.116. The predicted octanol–water partition coefficient (Wildman–Crippen LogP) is 4.50. The Bertz CT molecular complexity index is 1110. The summed E-state index contributed by atoms with van der Waals surface area (Å²) in [6, 6.07) is 13.6. The van der Waals surface area contributed by atoms with E-state index in [-0.39, 0.29) is 24.6 Å². The van der Waals surface area contributed by atoms with Gasteiger partial charge in [0.1, 0.15) is 16.7 Å². The molecule has 0 saturated heterocycles. The highest BCUT2D eigenvalue weighted by atomic mass is 32.2. The molecule has 2 heterocycles. The molecule has 2 amide bonds. The number of nitrogens with one attached hydrogen (secondary N) is 1. The van der Waals surface area contributed by atoms with E-state index in [1.54, 1.807) is 30.5 Å². The van der Waals surface area contributed by atoms with Crippen molar-refractivity contribution in [3.8, 4) is 0 Å². The molecule has 1 aromatic heterocycles. The molecule has 3 aromatic rings. The van der Waals surface area contributed by atoms with Gasteiger partial charge in [0.2, 0.25) is 5.91 Å². The van der Waals surface area contributed by atoms with Gasteiger partial charge in [-0.3, -0.25) is 9.59 Å². The van der Waals surface area contributed by atoms with Crippen molar-refractivity contribution in [2.75, 3.05) is 16.8 Å². The van der Waals surface area contributed by atoms with Crippen LogP contribution in [-0.2, 0) is 4.79 Å². The fraction of sp³-hybridized carbons (Fsp3) is 0.0952. The van der Waals surface area contributed by atoms with Gasteiger partial charge in [0, 0.05) is 30.1 Å². The first-order valence-electron chi connectivity index (χ1n) is 8.81. The summed E-state index contributed by atoms with van der Waals surface area (Å²) in [4.78, 5) is 32.1. The zero-order valence-electron chi connectivity index (χ0n) is 15.1. The average molecular weight is 411 g/mol. The number of halogens is 2. The van der Waals surface area contributed by atoms with Gasteiger partial charge in [-0.15, -0.1) is 0 Å². The first kappa shape index (κ1) is 19.1. The van der Waals surface area contributed by atoms with Crippen molar-refractivity contribution in [2.24, 2.45) is 0 Å². The molecule has 1 aliphatic heterocycles. The van der Waals surface area contributed by atoms with Crippen LogP contribution in [0.4, 0.5) is 20.2 Å². The largest absolute Gasteiger partial charge is 0.324 e. The van der Waals surface area contributed by atoms with Crippen LogP contribution in [0.3, 0.4) is 0 Å². The van der Waals surface area contributed by atoms with Crippen molar-refractivity contribution < 1.29 is 18.4 Å². The van der Waals surface area contributed by atoms with Gasteiger partial charge < -0.3 is 10.2 Å². The summed E-state index contributed by atoms with van der Waals surface area (Å²) in [5, 5.41) is 3.07. The monoisotopic (exact) mass is 411 g/mol. The van der Waals surface area contributed by atoms with E-state index in [0.29, 0.717) is 22.3 Å². The second-order valence-corrected chi connectivity index (χ2v) is 7.34. The third kappa shape index (κ3) is 3.97. The lowest BCUT2D eigenvalue weighted by Crippen LogP contribution is -2.34. The highest BCUT2D eigenvalue weighted by Crippen LogP contribution is 2.39. The van der Waals surface area contributed by atoms with Crippen LogP contribution < -0.4 is 10.2 Å². The van der Waals surface area contributed by atoms with E-state index in [0.717, 1.165) is 17.0 Å². The van der Waals surface area contributed by atoms with E-state index < -0.39 is 17.5 Å². The number of carbonyl (C=O) groups excluding carboxylic acids is 2. The molecular weight excluding hydrogens is 396 g/mol. The number of rotatable bonds is 4. The molecule has 0 atom stereocenters. The molecule has 0 unspecified atom stereocenters. The summed E-state index contributed by atoms with van der Waals surface area (Å²) in [6.45, 7) is 0.0844. The second-order valence-electron chi connectivity index (χ2n) is 6.31. The van der Waals surface area contributed by atoms with Crippen LogP contribution in [0.15, 0.2) is 70.7 Å². The van der Waals surface area contributed by atoms with E-state index >= 15 is 0 Å². The van der Waals surface area contributed by atoms with E-state index in [1.165, 1.54) is 16.7 Å². The molecule has 0 aliphatic carbocycles. The molecule has 5 nitrogen and oxygen atoms in total. The van der Waals surface area contributed by atoms with Crippen molar-refractivity contribution in [1.82, 2.24) is 4.98 Å². The number of hydrogen-bond donors (Lipinski definition) is 1. The zero-order chi connectivity index (χ0) is 20.4. The maximum absolute atomic E-state index is 13.8. The fourth-order valence-electron chi connectivity index (χ4n) is 3.00. The van der Waals surface area contributed by atoms with Crippen molar-refractivity contribution in [3.05, 3.63) is 78.0 Å². The second kappa shape index (κ2) is 8.00. The highest BCUT2D eigenvalue weighted by Gasteiger charge is 2.28. The Labute approximate surface area is 169 Å². The van der Waals surface area contributed by atoms with Crippen molar-refractivity contribution >= 4 is 35.0 Å². The van der Waals surface area contributed by atoms with E-state index in [9.17, 15) is 18.4 Å². The average Bonchev–Trinajstić information content (AvgIpc) is 2.83. The Kier molecular flexibility index (Phi) is 5.26. The Morgan fingerprint density at radius 3 is 2.76 bits per heavy atom. The number of amides is 2. The van der Waals surface area contributed by atoms with Gasteiger partial charge in [0.05, 0.1) is 16.9 Å². The third-order valence-electron chi connectivity index (χ3n) is 4.38. The maximum Gasteiger partial charge on any atom is 0.259 e. The van der Waals surface area contributed by atoms with E-state index in [2.05, 4.69) is 10.3 Å². The van der Waals surface area contributed by atoms with Crippen LogP contribution in [-0.4, -0.2) is 23.3 Å². The van der Waals surface area contributed by atoms with E-state index in [4.69, 9.17) is 0 Å². The Morgan fingerprint density at radius 2 is 1.93 bits per heavy atom. The predicted molar refractivity (Wildman–Crippen MR) is 106 cm³/mol. The molecule has 0 radical (unpaired) electrons. The topological polar surface area (TPSA) is 62.3 Å². The first-order chi connectivity index (χ1) is 14.0. The van der Waals surface area contributed by atoms with Crippen LogP contribution >= 0.6 is 11.8 Å². The highest BCUT2D eigenvalue weighted by molar-refractivity contribution is 7.99. The summed E-state index contributed by atoms with van der Waals surface area (Å²) in [7, 11) is 0. The minimum absolute atomic E-state index is 0.0657. The fourth-order valence-corrected chi connectivity index (χ4v) is 4.01. The number of fused-ring (bicyclic) bond motifs is 2. The van der Waals surface area contributed by atoms with Crippen LogP contribution in [0.1, 0.15) is 16.8 Å². The first-order valence-corrected chi connectivity index (χ1v) is 9.63. The minimum atomic E-state index is -0.857. The zero-order valence-corrected chi connectivity index (χ0v) is 15.9. The van der Waals surface area contributed by atoms with Gasteiger partial charge in [-0.05, 0) is 36.4 Å². The molecule has 1 N–H and O–H groups in total. The van der Waals surface area contributed by atoms with Gasteiger partial charge in [-0.25, -0.2) is 13.8 Å². The molecule has 1 aliphatic rings. The van der Waals surface area contributed by atoms with Crippen LogP contribution in [0.5, 0.6) is 0 Å². The lowest BCUT2D eigenvalue weighted by Gasteiger charge is -2.22. The number of hydrogen-bond acceptors (Lipinski definition) is 4. The molecule has 0 spiro atoms. The quantitative estimate of drug-likeness (QED) is 0.687. The van der Waals surface area contributed by atoms with Gasteiger partial charge in [-0.2, -0.15) is 0 Å². The molecule has 29 heavy (non-hydrogen) atoms. The number of aromatic nitrogens is 1. The Hall–Kier alpha value is -3.26. The van der Waals surface area contributed by atoms with Crippen LogP contribution in [0, 0.1) is 11.6 Å². The molecule has 0 saturated carbocycles. The molecule has 0 fully saturated rings. The molecular formula is C21H15F2N3O2S. The smallest absolute Gasteiger partial charge is 0.259 e. The molecule has 2 aromatic carbocycles. The SMILES string of the molecule is O=C(CCN1C(=O)c2ccccc2Sc2ncccc21)Nc1ccc(F)cc1F. The molecule has 0 bridgehead atoms. The summed E-state index contributed by atoms with van der Waals surface area (Å²) in [5.41, 5.74) is 1.03. The summed E-state index contributed by atoms with van der Waals surface area (Å²) >= 11 is 1.39. The third-order valence-corrected chi connectivity index (χ3v) is 5.46. The molecule has 146 valence electrons. The lowest BCUT2D eigenvalue weighted by atomic mass is 10.1. The Balaban J connectivity index is 1.55.